The van der Waals surface area contributed by atoms with E-state index >= 15 is 0 Å². The lowest BCUT2D eigenvalue weighted by Crippen LogP contribution is -2.52. The number of aliphatic imine (C=N–C) groups is 1. The van der Waals surface area contributed by atoms with Crippen molar-refractivity contribution in [2.45, 2.75) is 40.2 Å². The van der Waals surface area contributed by atoms with Crippen LogP contribution in [0.5, 0.6) is 0 Å². The summed E-state index contributed by atoms with van der Waals surface area (Å²) in [5.74, 6) is 0.983. The number of rotatable bonds is 2. The summed E-state index contributed by atoms with van der Waals surface area (Å²) in [6, 6.07) is 6.83. The standard InChI is InChI=1S/C18H27N5/c1-5-15-6-7-17-16(12-15)14(4)23(21-13(2)3)18(20-17)22-10-8-19-9-11-22/h6-7,12,14,19H,5,8-11H2,1-4H3. The molecule has 0 amide bonds. The summed E-state index contributed by atoms with van der Waals surface area (Å²) < 4.78 is 0. The van der Waals surface area contributed by atoms with Crippen LogP contribution < -0.4 is 5.32 Å². The van der Waals surface area contributed by atoms with Gasteiger partial charge in [0.15, 0.2) is 0 Å². The van der Waals surface area contributed by atoms with E-state index in [9.17, 15) is 0 Å². The summed E-state index contributed by atoms with van der Waals surface area (Å²) in [6.07, 6.45) is 1.05. The summed E-state index contributed by atoms with van der Waals surface area (Å²) in [5.41, 5.74) is 4.76. The second-order valence-corrected chi connectivity index (χ2v) is 6.46. The van der Waals surface area contributed by atoms with Crippen molar-refractivity contribution in [1.29, 1.82) is 0 Å². The molecule has 1 atom stereocenters. The van der Waals surface area contributed by atoms with Crippen molar-refractivity contribution >= 4 is 17.4 Å². The molecule has 0 spiro atoms. The van der Waals surface area contributed by atoms with E-state index in [1.54, 1.807) is 0 Å². The molecule has 1 unspecified atom stereocenters. The largest absolute Gasteiger partial charge is 0.338 e. The molecule has 1 aromatic carbocycles. The Morgan fingerprint density at radius 1 is 1.30 bits per heavy atom. The van der Waals surface area contributed by atoms with Crippen LogP contribution in [0, 0.1) is 0 Å². The summed E-state index contributed by atoms with van der Waals surface area (Å²) in [6.45, 7) is 12.4. The minimum Gasteiger partial charge on any atom is -0.338 e. The highest BCUT2D eigenvalue weighted by atomic mass is 15.6. The number of piperazine rings is 1. The Morgan fingerprint density at radius 2 is 2.04 bits per heavy atom. The lowest BCUT2D eigenvalue weighted by Gasteiger charge is -2.40. The molecule has 2 aliphatic rings. The van der Waals surface area contributed by atoms with E-state index in [1.165, 1.54) is 11.1 Å². The maximum Gasteiger partial charge on any atom is 0.223 e. The number of hydrogen-bond acceptors (Lipinski definition) is 5. The second-order valence-electron chi connectivity index (χ2n) is 6.46. The van der Waals surface area contributed by atoms with Crippen molar-refractivity contribution in [2.24, 2.45) is 10.1 Å². The molecule has 5 heteroatoms. The third-order valence-electron chi connectivity index (χ3n) is 4.45. The molecule has 0 saturated carbocycles. The van der Waals surface area contributed by atoms with Crippen LogP contribution in [0.25, 0.3) is 0 Å². The molecule has 1 N–H and O–H groups in total. The number of aryl methyl sites for hydroxylation is 1. The van der Waals surface area contributed by atoms with Crippen molar-refractivity contribution in [3.63, 3.8) is 0 Å². The van der Waals surface area contributed by atoms with Gasteiger partial charge in [-0.05, 0) is 38.8 Å². The second kappa shape index (κ2) is 6.71. The van der Waals surface area contributed by atoms with E-state index in [-0.39, 0.29) is 6.04 Å². The third-order valence-corrected chi connectivity index (χ3v) is 4.45. The van der Waals surface area contributed by atoms with Gasteiger partial charge < -0.3 is 10.2 Å². The first-order chi connectivity index (χ1) is 11.1. The summed E-state index contributed by atoms with van der Waals surface area (Å²) in [5, 5.41) is 10.3. The van der Waals surface area contributed by atoms with Gasteiger partial charge in [0.1, 0.15) is 0 Å². The van der Waals surface area contributed by atoms with E-state index < -0.39 is 0 Å². The fraction of sp³-hybridized carbons (Fsp3) is 0.556. The average molecular weight is 313 g/mol. The lowest BCUT2D eigenvalue weighted by atomic mass is 10.00. The zero-order valence-corrected chi connectivity index (χ0v) is 14.6. The summed E-state index contributed by atoms with van der Waals surface area (Å²) in [4.78, 5) is 7.31. The Bertz CT molecular complexity index is 624. The summed E-state index contributed by atoms with van der Waals surface area (Å²) >= 11 is 0. The van der Waals surface area contributed by atoms with Crippen molar-refractivity contribution in [3.05, 3.63) is 29.3 Å². The van der Waals surface area contributed by atoms with Crippen LogP contribution in [-0.4, -0.2) is 47.8 Å². The highest BCUT2D eigenvalue weighted by Gasteiger charge is 2.31. The fourth-order valence-corrected chi connectivity index (χ4v) is 3.15. The lowest BCUT2D eigenvalue weighted by molar-refractivity contribution is 0.258. The smallest absolute Gasteiger partial charge is 0.223 e. The maximum atomic E-state index is 4.96. The molecule has 1 saturated heterocycles. The van der Waals surface area contributed by atoms with Gasteiger partial charge in [-0.3, -0.25) is 0 Å². The Labute approximate surface area is 139 Å². The topological polar surface area (TPSA) is 43.2 Å². The molecule has 0 aromatic heterocycles. The van der Waals surface area contributed by atoms with Crippen LogP contribution in [0.3, 0.4) is 0 Å². The molecule has 23 heavy (non-hydrogen) atoms. The van der Waals surface area contributed by atoms with E-state index in [2.05, 4.69) is 47.3 Å². The van der Waals surface area contributed by atoms with Gasteiger partial charge in [-0.1, -0.05) is 19.1 Å². The van der Waals surface area contributed by atoms with Gasteiger partial charge in [-0.2, -0.15) is 5.10 Å². The fourth-order valence-electron chi connectivity index (χ4n) is 3.15. The maximum absolute atomic E-state index is 4.96. The number of nitrogens with one attached hydrogen (secondary N) is 1. The SMILES string of the molecule is CCc1ccc2c(c1)C(C)N(N=C(C)C)C(N1CCNCC1)=N2. The Hall–Kier alpha value is -1.88. The van der Waals surface area contributed by atoms with Crippen molar-refractivity contribution in [3.8, 4) is 0 Å². The quantitative estimate of drug-likeness (QED) is 0.854. The monoisotopic (exact) mass is 313 g/mol. The molecule has 0 bridgehead atoms. The number of guanidine groups is 1. The van der Waals surface area contributed by atoms with Crippen molar-refractivity contribution in [2.75, 3.05) is 26.2 Å². The molecule has 1 aromatic rings. The first-order valence-electron chi connectivity index (χ1n) is 8.58. The van der Waals surface area contributed by atoms with Crippen LogP contribution in [0.2, 0.25) is 0 Å². The number of fused-ring (bicyclic) bond motifs is 1. The van der Waals surface area contributed by atoms with Gasteiger partial charge in [-0.15, -0.1) is 0 Å². The van der Waals surface area contributed by atoms with Crippen molar-refractivity contribution in [1.82, 2.24) is 15.2 Å². The minimum atomic E-state index is 0.203. The average Bonchev–Trinajstić information content (AvgIpc) is 2.57. The third kappa shape index (κ3) is 3.24. The van der Waals surface area contributed by atoms with Gasteiger partial charge >= 0.3 is 0 Å². The number of benzene rings is 1. The molecule has 5 nitrogen and oxygen atoms in total. The van der Waals surface area contributed by atoms with Gasteiger partial charge in [0.05, 0.1) is 11.7 Å². The minimum absolute atomic E-state index is 0.203. The number of nitrogens with zero attached hydrogens (tertiary/aromatic N) is 4. The highest BCUT2D eigenvalue weighted by Crippen LogP contribution is 2.36. The number of hydrazone groups is 1. The zero-order valence-electron chi connectivity index (χ0n) is 14.6. The molecule has 124 valence electrons. The summed E-state index contributed by atoms with van der Waals surface area (Å²) in [7, 11) is 0. The molecular weight excluding hydrogens is 286 g/mol. The molecular formula is C18H27N5. The van der Waals surface area contributed by atoms with Gasteiger partial charge in [-0.25, -0.2) is 10.0 Å². The highest BCUT2D eigenvalue weighted by molar-refractivity contribution is 5.88. The van der Waals surface area contributed by atoms with E-state index in [0.29, 0.717) is 0 Å². The molecule has 2 aliphatic heterocycles. The van der Waals surface area contributed by atoms with Gasteiger partial charge in [0, 0.05) is 37.5 Å². The number of hydrogen-bond donors (Lipinski definition) is 1. The Kier molecular flexibility index (Phi) is 4.66. The Balaban J connectivity index is 2.05. The molecule has 1 fully saturated rings. The zero-order chi connectivity index (χ0) is 16.4. The predicted octanol–water partition coefficient (Wildman–Crippen LogP) is 2.91. The molecule has 0 aliphatic carbocycles. The van der Waals surface area contributed by atoms with Crippen LogP contribution in [0.4, 0.5) is 5.69 Å². The van der Waals surface area contributed by atoms with Crippen LogP contribution >= 0.6 is 0 Å². The van der Waals surface area contributed by atoms with E-state index in [1.807, 2.05) is 13.8 Å². The van der Waals surface area contributed by atoms with E-state index in [0.717, 1.165) is 50.0 Å². The Morgan fingerprint density at radius 3 is 2.70 bits per heavy atom. The van der Waals surface area contributed by atoms with Crippen LogP contribution in [0.1, 0.15) is 44.9 Å². The molecule has 0 radical (unpaired) electrons. The van der Waals surface area contributed by atoms with Crippen molar-refractivity contribution < 1.29 is 0 Å². The predicted molar refractivity (Wildman–Crippen MR) is 96.4 cm³/mol. The normalized spacial score (nSPS) is 20.9. The first kappa shape index (κ1) is 16.0. The van der Waals surface area contributed by atoms with Gasteiger partial charge in [0.25, 0.3) is 0 Å². The van der Waals surface area contributed by atoms with Gasteiger partial charge in [0.2, 0.25) is 5.96 Å². The van der Waals surface area contributed by atoms with Crippen LogP contribution in [0.15, 0.2) is 28.3 Å². The van der Waals surface area contributed by atoms with E-state index in [4.69, 9.17) is 10.1 Å². The molecule has 2 heterocycles. The first-order valence-corrected chi connectivity index (χ1v) is 8.58. The molecule has 3 rings (SSSR count). The van der Waals surface area contributed by atoms with Crippen LogP contribution in [-0.2, 0) is 6.42 Å².